The number of primary sulfonamides is 1. The number of nitrogens with two attached hydrogens (primary N) is 1. The molecular weight excluding hydrogens is 661 g/mol. The maximum absolute atomic E-state index is 12.7. The Morgan fingerprint density at radius 1 is 0.980 bits per heavy atom. The van der Waals surface area contributed by atoms with Gasteiger partial charge in [-0.3, -0.25) is 0 Å². The Kier molecular flexibility index (Phi) is 10.6. The molecule has 0 saturated carbocycles. The number of aromatic nitrogens is 5. The Morgan fingerprint density at radius 2 is 1.66 bits per heavy atom. The molecule has 50 heavy (non-hydrogen) atoms. The first kappa shape index (κ1) is 34.8. The molecule has 15 heteroatoms. The van der Waals surface area contributed by atoms with Crippen molar-refractivity contribution in [3.63, 3.8) is 0 Å². The van der Waals surface area contributed by atoms with Crippen molar-refractivity contribution in [2.45, 2.75) is 49.5 Å². The maximum atomic E-state index is 12.7. The van der Waals surface area contributed by atoms with Gasteiger partial charge < -0.3 is 24.8 Å². The number of nitrogens with zero attached hydrogens (tertiary/aromatic N) is 5. The van der Waals surface area contributed by atoms with E-state index < -0.39 is 15.8 Å². The highest BCUT2D eigenvalue weighted by atomic mass is 32.2. The summed E-state index contributed by atoms with van der Waals surface area (Å²) in [4.78, 5) is 12.7. The standard InChI is InChI=1S/C35H40N8O6S/c1-3-25(2)43-34(44)42(24-41-43)30-10-6-28(7-11-30)37-18-19-38-29-8-12-31(13-9-29)47-22-32-23-48-35(49-32,20-26-16-17-39-40-21-26)27-4-14-33(15-5-27)50(36,45)46/h4-17,21,24-25,32,37-38H,3,18-20,22-23H2,1-2H3,(H2,36,45,46)/t25?,32-,35+/m1/s1. The molecule has 14 nitrogen and oxygen atoms in total. The lowest BCUT2D eigenvalue weighted by molar-refractivity contribution is -0.178. The number of nitrogens with one attached hydrogen (secondary N) is 2. The van der Waals surface area contributed by atoms with Crippen molar-refractivity contribution < 1.29 is 22.6 Å². The number of hydrogen-bond acceptors (Lipinski definition) is 11. The van der Waals surface area contributed by atoms with Crippen LogP contribution in [-0.2, 0) is 31.7 Å². The molecule has 262 valence electrons. The largest absolute Gasteiger partial charge is 0.491 e. The molecule has 0 spiro atoms. The zero-order chi connectivity index (χ0) is 35.1. The van der Waals surface area contributed by atoms with Crippen LogP contribution in [0.5, 0.6) is 5.75 Å². The lowest BCUT2D eigenvalue weighted by atomic mass is 9.98. The van der Waals surface area contributed by atoms with E-state index in [2.05, 4.69) is 25.9 Å². The second kappa shape index (κ2) is 15.2. The van der Waals surface area contributed by atoms with Crippen LogP contribution in [0.25, 0.3) is 5.69 Å². The molecule has 3 aromatic carbocycles. The fourth-order valence-corrected chi connectivity index (χ4v) is 6.08. The Morgan fingerprint density at radius 3 is 2.28 bits per heavy atom. The van der Waals surface area contributed by atoms with E-state index in [1.54, 1.807) is 35.4 Å². The van der Waals surface area contributed by atoms with Crippen LogP contribution in [0, 0.1) is 0 Å². The average molecular weight is 701 g/mol. The van der Waals surface area contributed by atoms with E-state index in [-0.39, 0.29) is 35.9 Å². The first-order valence-corrected chi connectivity index (χ1v) is 17.9. The molecule has 0 radical (unpaired) electrons. The van der Waals surface area contributed by atoms with Crippen molar-refractivity contribution in [3.8, 4) is 11.4 Å². The zero-order valence-electron chi connectivity index (χ0n) is 27.8. The Labute approximate surface area is 290 Å². The minimum absolute atomic E-state index is 0.00124. The molecule has 1 fully saturated rings. The van der Waals surface area contributed by atoms with Crippen LogP contribution < -0.4 is 26.2 Å². The quantitative estimate of drug-likeness (QED) is 0.135. The molecule has 0 amide bonds. The Hall–Kier alpha value is -5.09. The number of anilines is 2. The van der Waals surface area contributed by atoms with Crippen LogP contribution in [0.2, 0.25) is 0 Å². The summed E-state index contributed by atoms with van der Waals surface area (Å²) in [5, 5.41) is 24.1. The minimum atomic E-state index is -3.84. The molecular formula is C35H40N8O6S. The third-order valence-electron chi connectivity index (χ3n) is 8.49. The summed E-state index contributed by atoms with van der Waals surface area (Å²) in [6.45, 7) is 5.89. The molecule has 5 aromatic rings. The SMILES string of the molecule is CCC(C)n1ncn(-c2ccc(NCCNc3ccc(OC[C@@H]4CO[C@](Cc5ccnnc5)(c5ccc(S(N)(=O)=O)cc5)O4)cc3)cc2)c1=O. The summed E-state index contributed by atoms with van der Waals surface area (Å²) in [7, 11) is -3.84. The van der Waals surface area contributed by atoms with Gasteiger partial charge in [-0.25, -0.2) is 27.6 Å². The summed E-state index contributed by atoms with van der Waals surface area (Å²) in [6, 6.07) is 23.4. The molecule has 1 aliphatic rings. The predicted octanol–water partition coefficient (Wildman–Crippen LogP) is 3.86. The first-order chi connectivity index (χ1) is 24.1. The van der Waals surface area contributed by atoms with E-state index in [9.17, 15) is 13.2 Å². The van der Waals surface area contributed by atoms with Crippen molar-refractivity contribution in [3.05, 3.63) is 119 Å². The number of benzene rings is 3. The van der Waals surface area contributed by atoms with Crippen molar-refractivity contribution in [1.82, 2.24) is 24.5 Å². The van der Waals surface area contributed by atoms with E-state index in [1.165, 1.54) is 16.8 Å². The summed E-state index contributed by atoms with van der Waals surface area (Å²) in [5.74, 6) is -0.492. The van der Waals surface area contributed by atoms with Gasteiger partial charge in [-0.15, -0.1) is 0 Å². The van der Waals surface area contributed by atoms with Gasteiger partial charge in [-0.05, 0) is 85.6 Å². The van der Waals surface area contributed by atoms with Crippen molar-refractivity contribution in [2.24, 2.45) is 5.14 Å². The number of rotatable bonds is 15. The molecule has 3 atom stereocenters. The van der Waals surface area contributed by atoms with Crippen LogP contribution >= 0.6 is 0 Å². The molecule has 1 unspecified atom stereocenters. The molecule has 2 aromatic heterocycles. The fraction of sp³-hybridized carbons (Fsp3) is 0.314. The van der Waals surface area contributed by atoms with Crippen molar-refractivity contribution in [1.29, 1.82) is 0 Å². The van der Waals surface area contributed by atoms with Gasteiger partial charge in [0.1, 0.15) is 24.8 Å². The second-order valence-corrected chi connectivity index (χ2v) is 13.6. The Balaban J connectivity index is 0.982. The smallest absolute Gasteiger partial charge is 0.350 e. The summed E-state index contributed by atoms with van der Waals surface area (Å²) < 4.78 is 45.4. The lowest BCUT2D eigenvalue weighted by Crippen LogP contribution is -2.32. The molecule has 3 heterocycles. The molecule has 1 aliphatic heterocycles. The van der Waals surface area contributed by atoms with Gasteiger partial charge >= 0.3 is 5.69 Å². The number of hydrogen-bond donors (Lipinski definition) is 3. The monoisotopic (exact) mass is 700 g/mol. The summed E-state index contributed by atoms with van der Waals surface area (Å²) in [6.07, 6.45) is 5.57. The van der Waals surface area contributed by atoms with Gasteiger partial charge in [0.25, 0.3) is 0 Å². The van der Waals surface area contributed by atoms with Crippen molar-refractivity contribution >= 4 is 21.4 Å². The second-order valence-electron chi connectivity index (χ2n) is 12.0. The first-order valence-electron chi connectivity index (χ1n) is 16.3. The van der Waals surface area contributed by atoms with Crippen molar-refractivity contribution in [2.75, 3.05) is 36.9 Å². The van der Waals surface area contributed by atoms with Crippen LogP contribution in [0.15, 0.2) is 107 Å². The lowest BCUT2D eigenvalue weighted by Gasteiger charge is -2.29. The van der Waals surface area contributed by atoms with Gasteiger partial charge in [-0.1, -0.05) is 19.1 Å². The van der Waals surface area contributed by atoms with Crippen LogP contribution in [0.3, 0.4) is 0 Å². The van der Waals surface area contributed by atoms with E-state index >= 15 is 0 Å². The van der Waals surface area contributed by atoms with E-state index in [0.29, 0.717) is 30.8 Å². The van der Waals surface area contributed by atoms with Gasteiger partial charge in [-0.2, -0.15) is 15.3 Å². The summed E-state index contributed by atoms with van der Waals surface area (Å²) in [5.41, 5.74) is 4.00. The fourth-order valence-electron chi connectivity index (χ4n) is 5.56. The highest BCUT2D eigenvalue weighted by Gasteiger charge is 2.44. The molecule has 1 saturated heterocycles. The third kappa shape index (κ3) is 8.19. The zero-order valence-corrected chi connectivity index (χ0v) is 28.6. The van der Waals surface area contributed by atoms with Gasteiger partial charge in [0.15, 0.2) is 5.79 Å². The highest BCUT2D eigenvalue weighted by molar-refractivity contribution is 7.89. The number of ether oxygens (including phenoxy) is 3. The van der Waals surface area contributed by atoms with E-state index in [0.717, 1.165) is 29.0 Å². The van der Waals surface area contributed by atoms with Crippen LogP contribution in [-0.4, -0.2) is 65.4 Å². The van der Waals surface area contributed by atoms with Gasteiger partial charge in [0, 0.05) is 42.6 Å². The highest BCUT2D eigenvalue weighted by Crippen LogP contribution is 2.38. The molecule has 0 aliphatic carbocycles. The predicted molar refractivity (Wildman–Crippen MR) is 188 cm³/mol. The van der Waals surface area contributed by atoms with Crippen LogP contribution in [0.1, 0.15) is 37.4 Å². The Bertz CT molecular complexity index is 2020. The van der Waals surface area contributed by atoms with Gasteiger partial charge in [0.05, 0.1) is 29.4 Å². The minimum Gasteiger partial charge on any atom is -0.491 e. The van der Waals surface area contributed by atoms with E-state index in [4.69, 9.17) is 19.3 Å². The topological polar surface area (TPSA) is 178 Å². The summed E-state index contributed by atoms with van der Waals surface area (Å²) >= 11 is 0. The molecule has 0 bridgehead atoms. The maximum Gasteiger partial charge on any atom is 0.350 e. The molecule has 6 rings (SSSR count). The normalized spacial score (nSPS) is 18.1. The van der Waals surface area contributed by atoms with Crippen LogP contribution in [0.4, 0.5) is 11.4 Å². The third-order valence-corrected chi connectivity index (χ3v) is 9.41. The van der Waals surface area contributed by atoms with E-state index in [1.807, 2.05) is 68.4 Å². The van der Waals surface area contributed by atoms with Gasteiger partial charge in [0.2, 0.25) is 10.0 Å². The number of sulfonamides is 1. The average Bonchev–Trinajstić information content (AvgIpc) is 3.73. The molecule has 4 N–H and O–H groups in total.